The summed E-state index contributed by atoms with van der Waals surface area (Å²) in [7, 11) is -1.55. The van der Waals surface area contributed by atoms with Gasteiger partial charge in [0.2, 0.25) is 0 Å². The van der Waals surface area contributed by atoms with Crippen molar-refractivity contribution in [3.8, 4) is 0 Å². The Bertz CT molecular complexity index is 512. The highest BCUT2D eigenvalue weighted by Gasteiger charge is 2.49. The molecule has 1 nitrogen and oxygen atoms in total. The second-order valence-corrected chi connectivity index (χ2v) is 12.9. The fourth-order valence-corrected chi connectivity index (χ4v) is 9.63. The van der Waals surface area contributed by atoms with Crippen molar-refractivity contribution < 1.29 is 0 Å². The van der Waals surface area contributed by atoms with E-state index in [2.05, 4.69) is 78.7 Å². The van der Waals surface area contributed by atoms with E-state index in [0.29, 0.717) is 0 Å². The lowest BCUT2D eigenvalue weighted by molar-refractivity contribution is 0.352. The van der Waals surface area contributed by atoms with Crippen LogP contribution in [0.2, 0.25) is 18.6 Å². The van der Waals surface area contributed by atoms with Crippen molar-refractivity contribution in [3.63, 3.8) is 0 Å². The first-order valence-corrected chi connectivity index (χ1v) is 12.0. The number of benzene rings is 1. The zero-order valence-electron chi connectivity index (χ0n) is 16.0. The molecule has 1 aliphatic carbocycles. The number of aryl methyl sites for hydroxylation is 3. The van der Waals surface area contributed by atoms with Crippen LogP contribution in [0.15, 0.2) is 12.1 Å². The molecule has 0 bridgehead atoms. The minimum absolute atomic E-state index is 0.824. The van der Waals surface area contributed by atoms with Gasteiger partial charge in [0.15, 0.2) is 8.24 Å². The number of hydrogen-bond acceptors (Lipinski definition) is 1. The highest BCUT2D eigenvalue weighted by Crippen LogP contribution is 2.53. The average molecular weight is 318 g/mol. The summed E-state index contributed by atoms with van der Waals surface area (Å²) < 4.78 is 0. The standard InChI is InChI=1S/C20H35NSi/c1-12-10-13(2)19(14(3)11-12)21-22(8,9)20-17(6)15(4)16(5)18(20)7/h10-11,15-18,20-21H,1-9H3. The van der Waals surface area contributed by atoms with Crippen LogP contribution in [0.5, 0.6) is 0 Å². The van der Waals surface area contributed by atoms with Crippen LogP contribution in [0.3, 0.4) is 0 Å². The third kappa shape index (κ3) is 2.99. The maximum Gasteiger partial charge on any atom is 0.151 e. The first kappa shape index (κ1) is 17.6. The van der Waals surface area contributed by atoms with Gasteiger partial charge in [-0.05, 0) is 61.1 Å². The summed E-state index contributed by atoms with van der Waals surface area (Å²) in [6, 6.07) is 4.62. The molecule has 1 aliphatic rings. The van der Waals surface area contributed by atoms with Crippen molar-refractivity contribution in [2.24, 2.45) is 23.7 Å². The van der Waals surface area contributed by atoms with Crippen LogP contribution < -0.4 is 4.98 Å². The Kier molecular flexibility index (Phi) is 4.82. The molecule has 0 radical (unpaired) electrons. The Labute approximate surface area is 139 Å². The molecule has 2 rings (SSSR count). The van der Waals surface area contributed by atoms with Crippen LogP contribution in [0, 0.1) is 44.4 Å². The van der Waals surface area contributed by atoms with E-state index >= 15 is 0 Å². The fraction of sp³-hybridized carbons (Fsp3) is 0.700. The molecule has 1 N–H and O–H groups in total. The Balaban J connectivity index is 2.32. The van der Waals surface area contributed by atoms with Crippen LogP contribution >= 0.6 is 0 Å². The summed E-state index contributed by atoms with van der Waals surface area (Å²) in [6.07, 6.45) is 0. The molecule has 1 aromatic rings. The van der Waals surface area contributed by atoms with Gasteiger partial charge in [0.05, 0.1) is 0 Å². The second kappa shape index (κ2) is 6.03. The Morgan fingerprint density at radius 3 is 1.59 bits per heavy atom. The summed E-state index contributed by atoms with van der Waals surface area (Å²) in [5, 5.41) is 0. The Morgan fingerprint density at radius 1 is 0.773 bits per heavy atom. The van der Waals surface area contributed by atoms with Crippen LogP contribution in [0.1, 0.15) is 44.4 Å². The largest absolute Gasteiger partial charge is 0.410 e. The molecule has 0 amide bonds. The molecule has 0 aliphatic heterocycles. The van der Waals surface area contributed by atoms with Crippen molar-refractivity contribution in [3.05, 3.63) is 28.8 Å². The minimum Gasteiger partial charge on any atom is -0.410 e. The first-order chi connectivity index (χ1) is 10.1. The summed E-state index contributed by atoms with van der Waals surface area (Å²) in [5.41, 5.74) is 6.41. The maximum atomic E-state index is 4.06. The first-order valence-electron chi connectivity index (χ1n) is 8.92. The quantitative estimate of drug-likeness (QED) is 0.659. The van der Waals surface area contributed by atoms with Crippen molar-refractivity contribution >= 4 is 13.9 Å². The normalized spacial score (nSPS) is 32.3. The van der Waals surface area contributed by atoms with Crippen LogP contribution in [-0.4, -0.2) is 8.24 Å². The molecule has 0 heterocycles. The number of hydrogen-bond donors (Lipinski definition) is 1. The fourth-order valence-electron chi connectivity index (χ4n) is 5.19. The third-order valence-electron chi connectivity index (χ3n) is 6.58. The minimum atomic E-state index is -1.55. The van der Waals surface area contributed by atoms with Crippen LogP contribution in [0.25, 0.3) is 0 Å². The molecule has 1 saturated carbocycles. The lowest BCUT2D eigenvalue weighted by atomic mass is 9.92. The van der Waals surface area contributed by atoms with Gasteiger partial charge in [0.25, 0.3) is 0 Å². The van der Waals surface area contributed by atoms with Gasteiger partial charge in [0, 0.05) is 5.69 Å². The zero-order valence-corrected chi connectivity index (χ0v) is 17.0. The predicted molar refractivity (Wildman–Crippen MR) is 102 cm³/mol. The molecular weight excluding hydrogens is 282 g/mol. The van der Waals surface area contributed by atoms with Crippen molar-refractivity contribution in [1.82, 2.24) is 0 Å². The third-order valence-corrected chi connectivity index (χ3v) is 10.2. The van der Waals surface area contributed by atoms with Crippen LogP contribution in [0.4, 0.5) is 5.69 Å². The molecule has 4 unspecified atom stereocenters. The van der Waals surface area contributed by atoms with E-state index in [-0.39, 0.29) is 0 Å². The van der Waals surface area contributed by atoms with Gasteiger partial charge in [-0.15, -0.1) is 0 Å². The van der Waals surface area contributed by atoms with E-state index < -0.39 is 8.24 Å². The SMILES string of the molecule is Cc1cc(C)c(N[Si](C)(C)C2C(C)C(C)C(C)C2C)c(C)c1. The molecule has 1 aromatic carbocycles. The smallest absolute Gasteiger partial charge is 0.151 e. The predicted octanol–water partition coefficient (Wildman–Crippen LogP) is 6.16. The van der Waals surface area contributed by atoms with Crippen molar-refractivity contribution in [2.75, 3.05) is 4.98 Å². The summed E-state index contributed by atoms with van der Waals surface area (Å²) in [4.78, 5) is 4.06. The second-order valence-electron chi connectivity index (χ2n) is 8.58. The van der Waals surface area contributed by atoms with Gasteiger partial charge in [-0.25, -0.2) is 0 Å². The van der Waals surface area contributed by atoms with E-state index in [1.54, 1.807) is 0 Å². The highest BCUT2D eigenvalue weighted by atomic mass is 28.3. The van der Waals surface area contributed by atoms with Gasteiger partial charge in [-0.1, -0.05) is 58.5 Å². The van der Waals surface area contributed by atoms with Gasteiger partial charge in [-0.3, -0.25) is 0 Å². The molecule has 4 atom stereocenters. The monoisotopic (exact) mass is 317 g/mol. The van der Waals surface area contributed by atoms with E-state index in [4.69, 9.17) is 0 Å². The molecule has 0 aromatic heterocycles. The number of nitrogens with one attached hydrogen (secondary N) is 1. The molecule has 0 spiro atoms. The lowest BCUT2D eigenvalue weighted by Crippen LogP contribution is -2.46. The molecule has 124 valence electrons. The van der Waals surface area contributed by atoms with E-state index in [1.807, 2.05) is 0 Å². The van der Waals surface area contributed by atoms with E-state index in [9.17, 15) is 0 Å². The molecule has 2 heteroatoms. The average Bonchev–Trinajstić information content (AvgIpc) is 2.58. The maximum absolute atomic E-state index is 4.06. The zero-order chi connectivity index (χ0) is 16.8. The van der Waals surface area contributed by atoms with Gasteiger partial charge < -0.3 is 4.98 Å². The van der Waals surface area contributed by atoms with E-state index in [1.165, 1.54) is 22.4 Å². The summed E-state index contributed by atoms with van der Waals surface area (Å²) >= 11 is 0. The molecule has 22 heavy (non-hydrogen) atoms. The van der Waals surface area contributed by atoms with Gasteiger partial charge >= 0.3 is 0 Å². The topological polar surface area (TPSA) is 12.0 Å². The van der Waals surface area contributed by atoms with Crippen molar-refractivity contribution in [2.45, 2.75) is 67.1 Å². The summed E-state index contributed by atoms with van der Waals surface area (Å²) in [5.74, 6) is 3.33. The molecule has 1 fully saturated rings. The Hall–Kier alpha value is -0.763. The van der Waals surface area contributed by atoms with Gasteiger partial charge in [0.1, 0.15) is 0 Å². The Morgan fingerprint density at radius 2 is 1.18 bits per heavy atom. The van der Waals surface area contributed by atoms with Crippen molar-refractivity contribution in [1.29, 1.82) is 0 Å². The molecular formula is C20H35NSi. The lowest BCUT2D eigenvalue weighted by Gasteiger charge is -2.38. The number of anilines is 1. The number of rotatable bonds is 3. The van der Waals surface area contributed by atoms with Gasteiger partial charge in [-0.2, -0.15) is 0 Å². The summed E-state index contributed by atoms with van der Waals surface area (Å²) in [6.45, 7) is 21.6. The van der Waals surface area contributed by atoms with E-state index in [0.717, 1.165) is 29.2 Å². The van der Waals surface area contributed by atoms with Crippen LogP contribution in [-0.2, 0) is 0 Å². The molecule has 0 saturated heterocycles. The highest BCUT2D eigenvalue weighted by molar-refractivity contribution is 6.82.